The number of fused-ring (bicyclic) bond motifs is 1. The van der Waals surface area contributed by atoms with E-state index in [0.717, 1.165) is 15.7 Å². The molecule has 0 saturated carbocycles. The Kier molecular flexibility index (Phi) is 4.27. The molecular formula is C20H17N5O4. The van der Waals surface area contributed by atoms with Crippen molar-refractivity contribution >= 4 is 22.9 Å². The van der Waals surface area contributed by atoms with Gasteiger partial charge < -0.3 is 15.1 Å². The van der Waals surface area contributed by atoms with Crippen molar-refractivity contribution in [2.75, 3.05) is 0 Å². The number of hydrogen-bond acceptors (Lipinski definition) is 5. The van der Waals surface area contributed by atoms with Crippen molar-refractivity contribution in [3.63, 3.8) is 0 Å². The topological polar surface area (TPSA) is 136 Å². The molecular weight excluding hydrogens is 374 g/mol. The molecule has 0 bridgehead atoms. The van der Waals surface area contributed by atoms with Gasteiger partial charge in [-0.25, -0.2) is 14.2 Å². The van der Waals surface area contributed by atoms with Crippen molar-refractivity contribution in [1.82, 2.24) is 19.5 Å². The maximum absolute atomic E-state index is 12.3. The van der Waals surface area contributed by atoms with E-state index < -0.39 is 17.1 Å². The Morgan fingerprint density at radius 3 is 2.45 bits per heavy atom. The van der Waals surface area contributed by atoms with Gasteiger partial charge in [0, 0.05) is 6.21 Å². The molecule has 2 heterocycles. The minimum absolute atomic E-state index is 0.162. The lowest BCUT2D eigenvalue weighted by atomic mass is 10.1. The van der Waals surface area contributed by atoms with E-state index in [-0.39, 0.29) is 11.3 Å². The van der Waals surface area contributed by atoms with Gasteiger partial charge in [0.1, 0.15) is 5.56 Å². The van der Waals surface area contributed by atoms with Crippen LogP contribution in [0.25, 0.3) is 16.7 Å². The first-order valence-corrected chi connectivity index (χ1v) is 8.75. The Bertz CT molecular complexity index is 1450. The van der Waals surface area contributed by atoms with Crippen LogP contribution in [-0.2, 0) is 0 Å². The molecule has 146 valence electrons. The zero-order valence-electron chi connectivity index (χ0n) is 15.6. The Hall–Kier alpha value is -4.14. The lowest BCUT2D eigenvalue weighted by molar-refractivity contribution is 0.430. The summed E-state index contributed by atoms with van der Waals surface area (Å²) in [7, 11) is 0. The first kappa shape index (κ1) is 18.2. The molecule has 0 unspecified atom stereocenters. The Morgan fingerprint density at radius 2 is 1.69 bits per heavy atom. The second kappa shape index (κ2) is 6.79. The predicted molar refractivity (Wildman–Crippen MR) is 110 cm³/mol. The number of hydrogen-bond donors (Lipinski definition) is 4. The van der Waals surface area contributed by atoms with Gasteiger partial charge in [-0.1, -0.05) is 6.07 Å². The highest BCUT2D eigenvalue weighted by Crippen LogP contribution is 2.20. The molecule has 2 aromatic carbocycles. The molecule has 0 aliphatic heterocycles. The summed E-state index contributed by atoms with van der Waals surface area (Å²) in [4.78, 5) is 47.5. The third-order valence-corrected chi connectivity index (χ3v) is 4.71. The average Bonchev–Trinajstić information content (AvgIpc) is 3.03. The highest BCUT2D eigenvalue weighted by molar-refractivity contribution is 5.86. The van der Waals surface area contributed by atoms with Crippen LogP contribution >= 0.6 is 0 Å². The third-order valence-electron chi connectivity index (χ3n) is 4.71. The standard InChI is InChI=1S/C20H17N5O4/c1-10-3-5-13(7-11(10)2)25-18(27)14(17(26)24-20(25)29)9-21-12-4-6-15-16(8-12)23-19(28)22-15/h3-9,27H,1-2H3,(H2,22,23,28)(H,24,26,29). The van der Waals surface area contributed by atoms with Crippen molar-refractivity contribution in [2.24, 2.45) is 4.99 Å². The van der Waals surface area contributed by atoms with E-state index in [1.807, 2.05) is 19.9 Å². The molecule has 0 radical (unpaired) electrons. The molecule has 0 aliphatic rings. The van der Waals surface area contributed by atoms with Crippen LogP contribution in [0.2, 0.25) is 0 Å². The van der Waals surface area contributed by atoms with Crippen LogP contribution in [0.3, 0.4) is 0 Å². The number of rotatable bonds is 3. The second-order valence-electron chi connectivity index (χ2n) is 6.67. The van der Waals surface area contributed by atoms with Crippen LogP contribution in [0, 0.1) is 13.8 Å². The molecule has 2 aromatic heterocycles. The van der Waals surface area contributed by atoms with Gasteiger partial charge in [-0.3, -0.25) is 14.8 Å². The van der Waals surface area contributed by atoms with Crippen molar-refractivity contribution in [2.45, 2.75) is 13.8 Å². The summed E-state index contributed by atoms with van der Waals surface area (Å²) < 4.78 is 1.02. The Balaban J connectivity index is 1.81. The van der Waals surface area contributed by atoms with Crippen LogP contribution in [-0.4, -0.2) is 30.8 Å². The molecule has 4 rings (SSSR count). The monoisotopic (exact) mass is 391 g/mol. The number of aromatic nitrogens is 4. The lowest BCUT2D eigenvalue weighted by Crippen LogP contribution is -2.31. The minimum atomic E-state index is -0.757. The largest absolute Gasteiger partial charge is 0.493 e. The van der Waals surface area contributed by atoms with E-state index in [4.69, 9.17) is 0 Å². The maximum Gasteiger partial charge on any atom is 0.335 e. The van der Waals surface area contributed by atoms with Crippen LogP contribution in [0.1, 0.15) is 16.7 Å². The molecule has 0 amide bonds. The maximum atomic E-state index is 12.3. The van der Waals surface area contributed by atoms with E-state index in [2.05, 4.69) is 19.9 Å². The number of aryl methyl sites for hydroxylation is 2. The Labute approximate surface area is 163 Å². The number of aromatic hydroxyl groups is 1. The summed E-state index contributed by atoms with van der Waals surface area (Å²) in [5, 5.41) is 10.6. The van der Waals surface area contributed by atoms with Crippen molar-refractivity contribution < 1.29 is 5.11 Å². The fraction of sp³-hybridized carbons (Fsp3) is 0.100. The van der Waals surface area contributed by atoms with Crippen molar-refractivity contribution in [3.8, 4) is 11.6 Å². The number of nitrogens with zero attached hydrogens (tertiary/aromatic N) is 2. The SMILES string of the molecule is Cc1ccc(-n2c(O)c(C=Nc3ccc4[nH]c(=O)[nH]c4c3)c(=O)[nH]c2=O)cc1C. The summed E-state index contributed by atoms with van der Waals surface area (Å²) in [6, 6.07) is 10.2. The molecule has 4 N–H and O–H groups in total. The number of benzene rings is 2. The first-order valence-electron chi connectivity index (χ1n) is 8.75. The van der Waals surface area contributed by atoms with E-state index >= 15 is 0 Å². The number of H-pyrrole nitrogens is 3. The molecule has 4 aromatic rings. The summed E-state index contributed by atoms with van der Waals surface area (Å²) in [6.07, 6.45) is 1.18. The molecule has 0 aliphatic carbocycles. The average molecular weight is 391 g/mol. The van der Waals surface area contributed by atoms with Crippen LogP contribution in [0.15, 0.2) is 55.8 Å². The molecule has 29 heavy (non-hydrogen) atoms. The van der Waals surface area contributed by atoms with E-state index in [1.54, 1.807) is 30.3 Å². The fourth-order valence-corrected chi connectivity index (χ4v) is 3.00. The molecule has 0 fully saturated rings. The van der Waals surface area contributed by atoms with E-state index in [9.17, 15) is 19.5 Å². The first-order chi connectivity index (χ1) is 13.8. The number of aromatic amines is 3. The minimum Gasteiger partial charge on any atom is -0.493 e. The lowest BCUT2D eigenvalue weighted by Gasteiger charge is -2.11. The molecule has 0 saturated heterocycles. The zero-order chi connectivity index (χ0) is 20.7. The fourth-order valence-electron chi connectivity index (χ4n) is 3.00. The predicted octanol–water partition coefficient (Wildman–Crippen LogP) is 1.77. The summed E-state index contributed by atoms with van der Waals surface area (Å²) >= 11 is 0. The van der Waals surface area contributed by atoms with Gasteiger partial charge in [-0.15, -0.1) is 0 Å². The van der Waals surface area contributed by atoms with Crippen LogP contribution < -0.4 is 16.9 Å². The molecule has 9 nitrogen and oxygen atoms in total. The van der Waals surface area contributed by atoms with Gasteiger partial charge in [0.25, 0.3) is 5.56 Å². The van der Waals surface area contributed by atoms with Gasteiger partial charge in [0.2, 0.25) is 5.88 Å². The summed E-state index contributed by atoms with van der Waals surface area (Å²) in [5.41, 5.74) is 2.02. The van der Waals surface area contributed by atoms with Gasteiger partial charge in [0.15, 0.2) is 0 Å². The third kappa shape index (κ3) is 3.29. The number of aliphatic imine (C=N–C) groups is 1. The van der Waals surface area contributed by atoms with Crippen LogP contribution in [0.5, 0.6) is 5.88 Å². The number of imidazole rings is 1. The van der Waals surface area contributed by atoms with Gasteiger partial charge in [-0.05, 0) is 55.3 Å². The normalized spacial score (nSPS) is 11.5. The van der Waals surface area contributed by atoms with E-state index in [1.165, 1.54) is 6.21 Å². The zero-order valence-corrected chi connectivity index (χ0v) is 15.6. The van der Waals surface area contributed by atoms with Crippen molar-refractivity contribution in [3.05, 3.63) is 84.4 Å². The molecule has 9 heteroatoms. The smallest absolute Gasteiger partial charge is 0.335 e. The highest BCUT2D eigenvalue weighted by Gasteiger charge is 2.14. The Morgan fingerprint density at radius 1 is 0.931 bits per heavy atom. The number of nitrogens with one attached hydrogen (secondary N) is 3. The highest BCUT2D eigenvalue weighted by atomic mass is 16.3. The van der Waals surface area contributed by atoms with Gasteiger partial charge >= 0.3 is 11.4 Å². The molecule has 0 spiro atoms. The van der Waals surface area contributed by atoms with Gasteiger partial charge in [-0.2, -0.15) is 0 Å². The van der Waals surface area contributed by atoms with Crippen molar-refractivity contribution in [1.29, 1.82) is 0 Å². The second-order valence-corrected chi connectivity index (χ2v) is 6.67. The quantitative estimate of drug-likeness (QED) is 0.396. The van der Waals surface area contributed by atoms with Crippen LogP contribution in [0.4, 0.5) is 5.69 Å². The van der Waals surface area contributed by atoms with Gasteiger partial charge in [0.05, 0.1) is 22.4 Å². The molecule has 0 atom stereocenters. The van der Waals surface area contributed by atoms with E-state index in [0.29, 0.717) is 22.4 Å². The summed E-state index contributed by atoms with van der Waals surface area (Å²) in [5.74, 6) is -0.512. The summed E-state index contributed by atoms with van der Waals surface area (Å²) in [6.45, 7) is 3.82.